The van der Waals surface area contributed by atoms with E-state index >= 15 is 0 Å². The number of hydrogen-bond donors (Lipinski definition) is 0. The second kappa shape index (κ2) is 18.5. The van der Waals surface area contributed by atoms with Crippen LogP contribution >= 0.6 is 11.9 Å². The first-order chi connectivity index (χ1) is 23.2. The second-order valence-corrected chi connectivity index (χ2v) is 10.4. The van der Waals surface area contributed by atoms with Gasteiger partial charge in [-0.15, -0.1) is 72.5 Å². The van der Waals surface area contributed by atoms with Crippen LogP contribution < -0.4 is 14.4 Å². The molecule has 0 amide bonds. The summed E-state index contributed by atoms with van der Waals surface area (Å²) in [6.45, 7) is 1.80. The number of ether oxygens (including phenoxy) is 2. The average Bonchev–Trinajstić information content (AvgIpc) is 3.83. The molecule has 7 rings (SSSR count). The van der Waals surface area contributed by atoms with Crippen molar-refractivity contribution in [2.45, 2.75) is 0 Å². The van der Waals surface area contributed by atoms with Gasteiger partial charge in [-0.05, 0) is 24.5 Å². The molecule has 0 aliphatic carbocycles. The Morgan fingerprint density at radius 1 is 0.755 bits per heavy atom. The number of nitriles is 1. The van der Waals surface area contributed by atoms with Gasteiger partial charge in [0.25, 0.3) is 0 Å². The summed E-state index contributed by atoms with van der Waals surface area (Å²) in [5, 5.41) is 10.9. The Hall–Kier alpha value is -4.97. The molecule has 7 nitrogen and oxygen atoms in total. The molecule has 10 heteroatoms. The van der Waals surface area contributed by atoms with Crippen LogP contribution in [0.25, 0.3) is 22.4 Å². The van der Waals surface area contributed by atoms with Crippen LogP contribution in [0.4, 0.5) is 5.69 Å². The van der Waals surface area contributed by atoms with Crippen LogP contribution in [0, 0.1) is 60.1 Å². The van der Waals surface area contributed by atoms with Crippen molar-refractivity contribution in [2.75, 3.05) is 4.90 Å². The third kappa shape index (κ3) is 10.3. The van der Waals surface area contributed by atoms with E-state index in [0.717, 1.165) is 40.0 Å². The molecule has 0 spiro atoms. The summed E-state index contributed by atoms with van der Waals surface area (Å²) in [6, 6.07) is 48.4. The van der Waals surface area contributed by atoms with Crippen LogP contribution in [0.15, 0.2) is 128 Å². The first-order valence-electron chi connectivity index (χ1n) is 14.2. The zero-order valence-electron chi connectivity index (χ0n) is 25.3. The molecule has 0 bridgehead atoms. The number of thiocyanates is 1. The minimum atomic E-state index is 0. The Labute approximate surface area is 319 Å². The molecular formula is C39H22N5O2Pt2S-3. The standard InChI is InChI=1S/C33H18N4O2S.C6H4N.2Pt/c34-23-40-37-18-17-36(24-37)28-9-6-14-32(22-28)39-31-13-5-8-27(20-31)33-21-26(15-16-35-33)25-7-4-12-30(19-25)38-29-10-2-1-3-11-29;1-2-7-5-3-4-6-7;;/h1-10,12-14,16-18,21,24H;3-6H;;/q-6;-1;;+4. The van der Waals surface area contributed by atoms with E-state index in [1.165, 1.54) is 0 Å². The number of rotatable bonds is 8. The molecule has 3 heterocycles. The predicted octanol–water partition coefficient (Wildman–Crippen LogP) is 8.72. The maximum Gasteiger partial charge on any atom is 4.00 e. The van der Waals surface area contributed by atoms with Crippen molar-refractivity contribution < 1.29 is 51.6 Å². The Morgan fingerprint density at radius 2 is 1.43 bits per heavy atom. The van der Waals surface area contributed by atoms with E-state index in [1.807, 2.05) is 107 Å². The summed E-state index contributed by atoms with van der Waals surface area (Å²) >= 11 is 1.03. The van der Waals surface area contributed by atoms with Crippen LogP contribution in [0.3, 0.4) is 0 Å². The van der Waals surface area contributed by atoms with Gasteiger partial charge in [-0.1, -0.05) is 18.0 Å². The van der Waals surface area contributed by atoms with Gasteiger partial charge < -0.3 is 34.7 Å². The number of anilines is 1. The third-order valence-corrected chi connectivity index (χ3v) is 6.96. The van der Waals surface area contributed by atoms with Crippen molar-refractivity contribution in [3.05, 3.63) is 171 Å². The summed E-state index contributed by atoms with van der Waals surface area (Å²) in [6.07, 6.45) is 15.4. The second-order valence-electron chi connectivity index (χ2n) is 9.60. The molecule has 0 saturated heterocycles. The SMILES string of the molecule is N#CSN1C=CN(c2[c-]c(Oc3[c-]c(-c4cc(-c5[c-]c(Oc6[c-]cccc6)ccc5)[c-]cn4)ccc3)ccc2)[CH-]1.[C-]#Cn1cccc1.[Pt+4].[Pt]. The van der Waals surface area contributed by atoms with E-state index in [0.29, 0.717) is 23.0 Å². The fourth-order valence-corrected chi connectivity index (χ4v) is 4.68. The van der Waals surface area contributed by atoms with Gasteiger partial charge in [0.15, 0.2) is 5.40 Å². The van der Waals surface area contributed by atoms with Crippen molar-refractivity contribution >= 4 is 17.6 Å². The third-order valence-electron chi connectivity index (χ3n) is 6.45. The van der Waals surface area contributed by atoms with Gasteiger partial charge in [0.1, 0.15) is 0 Å². The van der Waals surface area contributed by atoms with Gasteiger partial charge >= 0.3 is 21.1 Å². The first-order valence-corrected chi connectivity index (χ1v) is 14.9. The predicted molar refractivity (Wildman–Crippen MR) is 180 cm³/mol. The first kappa shape index (κ1) is 36.9. The Kier molecular flexibility index (Phi) is 13.9. The molecule has 1 aliphatic rings. The van der Waals surface area contributed by atoms with E-state index < -0.39 is 0 Å². The molecule has 49 heavy (non-hydrogen) atoms. The maximum absolute atomic E-state index is 8.88. The molecule has 2 aromatic heterocycles. The van der Waals surface area contributed by atoms with Gasteiger partial charge in [-0.2, -0.15) is 41.7 Å². The molecule has 0 atom stereocenters. The van der Waals surface area contributed by atoms with Crippen molar-refractivity contribution in [1.29, 1.82) is 5.26 Å². The molecule has 4 aromatic carbocycles. The van der Waals surface area contributed by atoms with Gasteiger partial charge in [-0.25, -0.2) is 24.2 Å². The number of hydrogen-bond acceptors (Lipinski definition) is 7. The zero-order chi connectivity index (χ0) is 32.3. The van der Waals surface area contributed by atoms with E-state index in [4.69, 9.17) is 21.2 Å². The van der Waals surface area contributed by atoms with Crippen LogP contribution in [0.5, 0.6) is 23.0 Å². The Morgan fingerprint density at radius 3 is 2.12 bits per heavy atom. The van der Waals surface area contributed by atoms with Gasteiger partial charge in [0.05, 0.1) is 0 Å². The largest absolute Gasteiger partial charge is 4.00 e. The molecule has 6 aromatic rings. The van der Waals surface area contributed by atoms with Gasteiger partial charge in [0.2, 0.25) is 0 Å². The van der Waals surface area contributed by atoms with Crippen molar-refractivity contribution in [3.63, 3.8) is 0 Å². The minimum Gasteiger partial charge on any atom is -0.669 e. The number of pyridine rings is 1. The number of aromatic nitrogens is 2. The molecule has 0 unspecified atom stereocenters. The van der Waals surface area contributed by atoms with E-state index in [1.54, 1.807) is 46.4 Å². The smallest absolute Gasteiger partial charge is 0.669 e. The monoisotopic (exact) mass is 1010 g/mol. The van der Waals surface area contributed by atoms with Crippen LogP contribution in [-0.2, 0) is 42.1 Å². The zero-order valence-corrected chi connectivity index (χ0v) is 30.7. The molecule has 244 valence electrons. The summed E-state index contributed by atoms with van der Waals surface area (Å²) in [5.74, 6) is 2.28. The average molecular weight is 1010 g/mol. The number of para-hydroxylation sites is 1. The summed E-state index contributed by atoms with van der Waals surface area (Å²) in [4.78, 5) is 6.37. The van der Waals surface area contributed by atoms with Crippen molar-refractivity contribution in [1.82, 2.24) is 13.9 Å². The fourth-order valence-electron chi connectivity index (χ4n) is 4.32. The quantitative estimate of drug-likeness (QED) is 0.0655. The minimum absolute atomic E-state index is 0. The molecule has 0 N–H and O–H groups in total. The Balaban J connectivity index is 0.000000537. The van der Waals surface area contributed by atoms with E-state index in [2.05, 4.69) is 41.4 Å². The topological polar surface area (TPSA) is 66.6 Å². The number of nitrogens with zero attached hydrogens (tertiary/aromatic N) is 5. The summed E-state index contributed by atoms with van der Waals surface area (Å²) in [7, 11) is 0. The van der Waals surface area contributed by atoms with Gasteiger partial charge in [-0.3, -0.25) is 11.1 Å². The molecular weight excluding hydrogens is 993 g/mol. The molecule has 0 saturated carbocycles. The van der Waals surface area contributed by atoms with Gasteiger partial charge in [0, 0.05) is 68.4 Å². The van der Waals surface area contributed by atoms with Crippen LogP contribution in [-0.4, -0.2) is 13.9 Å². The number of benzene rings is 4. The van der Waals surface area contributed by atoms with Crippen molar-refractivity contribution in [2.24, 2.45) is 0 Å². The van der Waals surface area contributed by atoms with Crippen molar-refractivity contribution in [3.8, 4) is 56.8 Å². The molecule has 1 aliphatic heterocycles. The van der Waals surface area contributed by atoms with Crippen LogP contribution in [0.2, 0.25) is 0 Å². The van der Waals surface area contributed by atoms with E-state index in [9.17, 15) is 0 Å². The van der Waals surface area contributed by atoms with Crippen LogP contribution in [0.1, 0.15) is 0 Å². The fraction of sp³-hybridized carbons (Fsp3) is 0. The molecule has 0 radical (unpaired) electrons. The van der Waals surface area contributed by atoms with E-state index in [-0.39, 0.29) is 42.1 Å². The summed E-state index contributed by atoms with van der Waals surface area (Å²) in [5.41, 5.74) is 3.93. The Bertz CT molecular complexity index is 2060. The normalized spacial score (nSPS) is 11.1. The maximum atomic E-state index is 8.88. The summed E-state index contributed by atoms with van der Waals surface area (Å²) < 4.78 is 15.2. The molecule has 0 fully saturated rings.